The zero-order valence-corrected chi connectivity index (χ0v) is 9.32. The Morgan fingerprint density at radius 2 is 2.00 bits per heavy atom. The van der Waals surface area contributed by atoms with E-state index in [4.69, 9.17) is 5.73 Å². The molecular weight excluding hydrogens is 184 g/mol. The summed E-state index contributed by atoms with van der Waals surface area (Å²) in [5.74, 6) is -2.96. The molecule has 2 unspecified atom stereocenters. The maximum atomic E-state index is 13.3. The molecular formula is C11H21F2N. The Balaban J connectivity index is 2.52. The Kier molecular flexibility index (Phi) is 3.20. The smallest absolute Gasteiger partial charge is 0.251 e. The van der Waals surface area contributed by atoms with Crippen LogP contribution in [0.15, 0.2) is 0 Å². The molecule has 14 heavy (non-hydrogen) atoms. The van der Waals surface area contributed by atoms with Gasteiger partial charge in [0.1, 0.15) is 0 Å². The van der Waals surface area contributed by atoms with Crippen LogP contribution in [0.4, 0.5) is 8.78 Å². The fourth-order valence-electron chi connectivity index (χ4n) is 1.95. The molecule has 0 saturated heterocycles. The average Bonchev–Trinajstić information content (AvgIpc) is 2.29. The van der Waals surface area contributed by atoms with E-state index >= 15 is 0 Å². The molecule has 1 aliphatic carbocycles. The second kappa shape index (κ2) is 3.76. The first-order valence-electron chi connectivity index (χ1n) is 5.37. The highest BCUT2D eigenvalue weighted by Gasteiger charge is 2.44. The lowest BCUT2D eigenvalue weighted by atomic mass is 9.81. The molecule has 2 atom stereocenters. The second-order valence-electron chi connectivity index (χ2n) is 5.56. The number of halogens is 2. The molecule has 1 aliphatic rings. The summed E-state index contributed by atoms with van der Waals surface area (Å²) in [6.45, 7) is 6.01. The van der Waals surface area contributed by atoms with Crippen molar-refractivity contribution in [2.45, 2.75) is 58.4 Å². The van der Waals surface area contributed by atoms with Gasteiger partial charge in [0.2, 0.25) is 0 Å². The van der Waals surface area contributed by atoms with E-state index in [0.29, 0.717) is 19.3 Å². The molecule has 0 aromatic carbocycles. The minimum atomic E-state index is -2.47. The molecule has 3 heteroatoms. The molecule has 0 heterocycles. The van der Waals surface area contributed by atoms with Crippen LogP contribution in [0.2, 0.25) is 0 Å². The summed E-state index contributed by atoms with van der Waals surface area (Å²) in [7, 11) is 0. The first-order valence-corrected chi connectivity index (χ1v) is 5.37. The van der Waals surface area contributed by atoms with E-state index < -0.39 is 11.8 Å². The van der Waals surface area contributed by atoms with Gasteiger partial charge in [0.05, 0.1) is 0 Å². The lowest BCUT2D eigenvalue weighted by molar-refractivity contribution is -0.0444. The zero-order valence-electron chi connectivity index (χ0n) is 9.32. The van der Waals surface area contributed by atoms with Gasteiger partial charge in [-0.1, -0.05) is 20.8 Å². The van der Waals surface area contributed by atoms with Gasteiger partial charge in [-0.15, -0.1) is 0 Å². The van der Waals surface area contributed by atoms with E-state index in [-0.39, 0.29) is 17.9 Å². The van der Waals surface area contributed by atoms with Gasteiger partial charge in [-0.2, -0.15) is 0 Å². The quantitative estimate of drug-likeness (QED) is 0.736. The van der Waals surface area contributed by atoms with E-state index in [1.54, 1.807) is 0 Å². The summed E-state index contributed by atoms with van der Waals surface area (Å²) < 4.78 is 26.6. The predicted octanol–water partition coefficient (Wildman–Crippen LogP) is 3.19. The largest absolute Gasteiger partial charge is 0.327 e. The lowest BCUT2D eigenvalue weighted by Gasteiger charge is -2.31. The van der Waals surface area contributed by atoms with Gasteiger partial charge in [0.25, 0.3) is 5.92 Å². The van der Waals surface area contributed by atoms with Crippen LogP contribution in [0.1, 0.15) is 46.5 Å². The summed E-state index contributed by atoms with van der Waals surface area (Å²) >= 11 is 0. The van der Waals surface area contributed by atoms with Gasteiger partial charge in [-0.3, -0.25) is 0 Å². The van der Waals surface area contributed by atoms with Crippen LogP contribution in [0.3, 0.4) is 0 Å². The molecule has 2 N–H and O–H groups in total. The Hall–Kier alpha value is -0.180. The molecule has 0 radical (unpaired) electrons. The molecule has 0 aromatic heterocycles. The fraction of sp³-hybridized carbons (Fsp3) is 1.00. The minimum Gasteiger partial charge on any atom is -0.327 e. The Morgan fingerprint density at radius 1 is 1.43 bits per heavy atom. The molecule has 0 bridgehead atoms. The van der Waals surface area contributed by atoms with E-state index in [2.05, 4.69) is 0 Å². The molecule has 1 rings (SSSR count). The number of hydrogen-bond acceptors (Lipinski definition) is 1. The molecule has 0 aromatic rings. The minimum absolute atomic E-state index is 0.0501. The monoisotopic (exact) mass is 205 g/mol. The van der Waals surface area contributed by atoms with E-state index in [1.807, 2.05) is 20.8 Å². The van der Waals surface area contributed by atoms with Gasteiger partial charge in [0.15, 0.2) is 0 Å². The number of rotatable bonds is 2. The average molecular weight is 205 g/mol. The second-order valence-corrected chi connectivity index (χ2v) is 5.56. The predicted molar refractivity (Wildman–Crippen MR) is 54.3 cm³/mol. The molecule has 0 amide bonds. The van der Waals surface area contributed by atoms with Crippen LogP contribution in [-0.4, -0.2) is 12.0 Å². The third-order valence-corrected chi connectivity index (χ3v) is 3.31. The van der Waals surface area contributed by atoms with Gasteiger partial charge < -0.3 is 5.73 Å². The van der Waals surface area contributed by atoms with Gasteiger partial charge in [-0.05, 0) is 24.7 Å². The highest BCUT2D eigenvalue weighted by molar-refractivity contribution is 4.89. The molecule has 1 fully saturated rings. The van der Waals surface area contributed by atoms with Gasteiger partial charge >= 0.3 is 0 Å². The molecule has 1 nitrogen and oxygen atoms in total. The van der Waals surface area contributed by atoms with Crippen molar-refractivity contribution in [2.24, 2.45) is 17.1 Å². The standard InChI is InChI=1S/C11H21F2N/c1-10(2,3)9(14)7-8-5-4-6-11(8,12)13/h8-9H,4-7,14H2,1-3H3. The Labute approximate surface area is 85.1 Å². The van der Waals surface area contributed by atoms with Crippen LogP contribution in [0.25, 0.3) is 0 Å². The molecule has 0 aliphatic heterocycles. The maximum absolute atomic E-state index is 13.3. The maximum Gasteiger partial charge on any atom is 0.251 e. The van der Waals surface area contributed by atoms with Crippen LogP contribution in [0.5, 0.6) is 0 Å². The number of alkyl halides is 2. The van der Waals surface area contributed by atoms with Gasteiger partial charge in [-0.25, -0.2) is 8.78 Å². The normalized spacial score (nSPS) is 29.1. The molecule has 1 saturated carbocycles. The van der Waals surface area contributed by atoms with Crippen molar-refractivity contribution >= 4 is 0 Å². The summed E-state index contributed by atoms with van der Waals surface area (Å²) in [5.41, 5.74) is 5.85. The van der Waals surface area contributed by atoms with Crippen LogP contribution in [-0.2, 0) is 0 Å². The Bertz CT molecular complexity index is 196. The molecule has 0 spiro atoms. The fourth-order valence-corrected chi connectivity index (χ4v) is 1.95. The van der Waals surface area contributed by atoms with Crippen molar-refractivity contribution in [1.29, 1.82) is 0 Å². The third-order valence-electron chi connectivity index (χ3n) is 3.31. The van der Waals surface area contributed by atoms with Crippen molar-refractivity contribution in [1.82, 2.24) is 0 Å². The van der Waals surface area contributed by atoms with Crippen molar-refractivity contribution in [3.05, 3.63) is 0 Å². The van der Waals surface area contributed by atoms with Crippen molar-refractivity contribution < 1.29 is 8.78 Å². The summed E-state index contributed by atoms with van der Waals surface area (Å²) in [4.78, 5) is 0. The van der Waals surface area contributed by atoms with Crippen LogP contribution < -0.4 is 5.73 Å². The third kappa shape index (κ3) is 2.66. The van der Waals surface area contributed by atoms with Gasteiger partial charge in [0, 0.05) is 18.4 Å². The number of nitrogens with two attached hydrogens (primary N) is 1. The zero-order chi connectivity index (χ0) is 11.0. The van der Waals surface area contributed by atoms with E-state index in [1.165, 1.54) is 0 Å². The van der Waals surface area contributed by atoms with E-state index in [0.717, 1.165) is 0 Å². The highest BCUT2D eigenvalue weighted by atomic mass is 19.3. The van der Waals surface area contributed by atoms with Crippen molar-refractivity contribution in [3.63, 3.8) is 0 Å². The number of hydrogen-bond donors (Lipinski definition) is 1. The lowest BCUT2D eigenvalue weighted by Crippen LogP contribution is -2.39. The highest BCUT2D eigenvalue weighted by Crippen LogP contribution is 2.43. The SMILES string of the molecule is CC(C)(C)C(N)CC1CCCC1(F)F. The molecule has 84 valence electrons. The van der Waals surface area contributed by atoms with Crippen molar-refractivity contribution in [2.75, 3.05) is 0 Å². The topological polar surface area (TPSA) is 26.0 Å². The first-order chi connectivity index (χ1) is 6.23. The van der Waals surface area contributed by atoms with Crippen LogP contribution in [0, 0.1) is 11.3 Å². The summed E-state index contributed by atoms with van der Waals surface area (Å²) in [6, 6.07) is -0.128. The van der Waals surface area contributed by atoms with E-state index in [9.17, 15) is 8.78 Å². The summed E-state index contributed by atoms with van der Waals surface area (Å²) in [6.07, 6.45) is 1.79. The van der Waals surface area contributed by atoms with Crippen molar-refractivity contribution in [3.8, 4) is 0 Å². The van der Waals surface area contributed by atoms with Crippen LogP contribution >= 0.6 is 0 Å². The summed E-state index contributed by atoms with van der Waals surface area (Å²) in [5, 5.41) is 0. The first kappa shape index (κ1) is 11.9. The Morgan fingerprint density at radius 3 is 2.36 bits per heavy atom.